The highest BCUT2D eigenvalue weighted by molar-refractivity contribution is 5.27. The second-order valence-corrected chi connectivity index (χ2v) is 4.20. The first-order chi connectivity index (χ1) is 7.15. The monoisotopic (exact) mass is 207 g/mol. The van der Waals surface area contributed by atoms with Crippen LogP contribution < -0.4 is 5.73 Å². The van der Waals surface area contributed by atoms with Crippen LogP contribution in [0.3, 0.4) is 0 Å². The van der Waals surface area contributed by atoms with Crippen molar-refractivity contribution in [2.24, 2.45) is 5.73 Å². The Balaban J connectivity index is 2.07. The molecule has 0 amide bonds. The van der Waals surface area contributed by atoms with Crippen molar-refractivity contribution in [1.82, 2.24) is 9.88 Å². The molecule has 0 aliphatic carbocycles. The Morgan fingerprint density at radius 2 is 2.40 bits per heavy atom. The smallest absolute Gasteiger partial charge is 0.138 e. The molecule has 0 saturated carbocycles. The molecule has 0 unspecified atom stereocenters. The third kappa shape index (κ3) is 2.46. The highest BCUT2D eigenvalue weighted by Crippen LogP contribution is 2.18. The molecule has 82 valence electrons. The second-order valence-electron chi connectivity index (χ2n) is 4.20. The van der Waals surface area contributed by atoms with Crippen LogP contribution in [0.4, 0.5) is 0 Å². The fraction of sp³-hybridized carbons (Fsp3) is 0.545. The molecular weight excluding hydrogens is 190 g/mol. The average Bonchev–Trinajstić information content (AvgIpc) is 2.58. The summed E-state index contributed by atoms with van der Waals surface area (Å²) in [5, 5.41) is 9.64. The molecule has 3 N–H and O–H groups in total. The van der Waals surface area contributed by atoms with Crippen molar-refractivity contribution in [2.45, 2.75) is 25.9 Å². The van der Waals surface area contributed by atoms with Crippen LogP contribution in [-0.4, -0.2) is 34.1 Å². The van der Waals surface area contributed by atoms with E-state index in [2.05, 4.69) is 9.88 Å². The van der Waals surface area contributed by atoms with Gasteiger partial charge in [-0.3, -0.25) is 9.88 Å². The van der Waals surface area contributed by atoms with Gasteiger partial charge in [0.1, 0.15) is 5.75 Å². The highest BCUT2D eigenvalue weighted by Gasteiger charge is 2.20. The van der Waals surface area contributed by atoms with Crippen molar-refractivity contribution in [1.29, 1.82) is 0 Å². The molecule has 4 heteroatoms. The van der Waals surface area contributed by atoms with E-state index in [9.17, 15) is 5.11 Å². The molecule has 0 spiro atoms. The van der Waals surface area contributed by atoms with E-state index in [1.54, 1.807) is 6.07 Å². The number of aromatic nitrogens is 1. The number of hydrogen-bond donors (Lipinski definition) is 2. The van der Waals surface area contributed by atoms with Crippen LogP contribution in [0.2, 0.25) is 0 Å². The van der Waals surface area contributed by atoms with Crippen molar-refractivity contribution >= 4 is 0 Å². The lowest BCUT2D eigenvalue weighted by Crippen LogP contribution is -2.26. The van der Waals surface area contributed by atoms with Crippen molar-refractivity contribution in [3.63, 3.8) is 0 Å². The van der Waals surface area contributed by atoms with E-state index in [1.165, 1.54) is 0 Å². The van der Waals surface area contributed by atoms with Gasteiger partial charge in [0, 0.05) is 31.4 Å². The molecule has 1 fully saturated rings. The molecule has 1 aromatic heterocycles. The number of nitrogens with two attached hydrogens (primary N) is 1. The number of rotatable bonds is 2. The molecule has 2 heterocycles. The Kier molecular flexibility index (Phi) is 2.88. The van der Waals surface area contributed by atoms with Crippen LogP contribution in [0.25, 0.3) is 0 Å². The predicted octanol–water partition coefficient (Wildman–Crippen LogP) is 0.629. The van der Waals surface area contributed by atoms with Crippen LogP contribution in [0.5, 0.6) is 5.75 Å². The van der Waals surface area contributed by atoms with E-state index in [-0.39, 0.29) is 11.8 Å². The number of aryl methyl sites for hydroxylation is 1. The summed E-state index contributed by atoms with van der Waals surface area (Å²) in [6, 6.07) is 3.79. The van der Waals surface area contributed by atoms with E-state index >= 15 is 0 Å². The number of hydrogen-bond acceptors (Lipinski definition) is 4. The highest BCUT2D eigenvalue weighted by atomic mass is 16.3. The van der Waals surface area contributed by atoms with Gasteiger partial charge in [-0.25, -0.2) is 0 Å². The molecule has 1 atom stereocenters. The lowest BCUT2D eigenvalue weighted by molar-refractivity contribution is 0.315. The Labute approximate surface area is 89.7 Å². The minimum absolute atomic E-state index is 0.275. The van der Waals surface area contributed by atoms with E-state index < -0.39 is 0 Å². The fourth-order valence-corrected chi connectivity index (χ4v) is 1.94. The standard InChI is InChI=1S/C11H17N3O/c1-8-2-3-11(15)10(13-8)7-14-5-4-9(12)6-14/h2-3,9,15H,4-7,12H2,1H3/t9-/m0/s1. The van der Waals surface area contributed by atoms with Gasteiger partial charge in [0.25, 0.3) is 0 Å². The number of aromatic hydroxyl groups is 1. The molecule has 0 radical (unpaired) electrons. The minimum atomic E-state index is 0.275. The summed E-state index contributed by atoms with van der Waals surface area (Å²) in [5.74, 6) is 0.279. The molecule has 2 rings (SSSR count). The largest absolute Gasteiger partial charge is 0.506 e. The molecule has 15 heavy (non-hydrogen) atoms. The van der Waals surface area contributed by atoms with E-state index in [1.807, 2.05) is 13.0 Å². The Morgan fingerprint density at radius 1 is 1.60 bits per heavy atom. The first-order valence-electron chi connectivity index (χ1n) is 5.28. The third-order valence-electron chi connectivity index (χ3n) is 2.77. The second kappa shape index (κ2) is 4.16. The summed E-state index contributed by atoms with van der Waals surface area (Å²) in [6.45, 7) is 4.52. The van der Waals surface area contributed by atoms with Crippen LogP contribution in [-0.2, 0) is 6.54 Å². The summed E-state index contributed by atoms with van der Waals surface area (Å²) in [5.41, 5.74) is 7.51. The molecule has 1 aromatic rings. The maximum Gasteiger partial charge on any atom is 0.138 e. The van der Waals surface area contributed by atoms with Crippen LogP contribution >= 0.6 is 0 Å². The molecule has 1 aliphatic rings. The van der Waals surface area contributed by atoms with E-state index in [4.69, 9.17) is 5.73 Å². The van der Waals surface area contributed by atoms with Crippen LogP contribution in [0.15, 0.2) is 12.1 Å². The van der Waals surface area contributed by atoms with Crippen LogP contribution in [0, 0.1) is 6.92 Å². The number of nitrogens with zero attached hydrogens (tertiary/aromatic N) is 2. The molecule has 1 saturated heterocycles. The number of pyridine rings is 1. The van der Waals surface area contributed by atoms with Gasteiger partial charge in [0.15, 0.2) is 0 Å². The average molecular weight is 207 g/mol. The van der Waals surface area contributed by atoms with Gasteiger partial charge in [-0.1, -0.05) is 0 Å². The normalized spacial score (nSPS) is 22.1. The van der Waals surface area contributed by atoms with Gasteiger partial charge in [0.05, 0.1) is 5.69 Å². The Hall–Kier alpha value is -1.13. The maximum absolute atomic E-state index is 9.64. The Bertz CT molecular complexity index is 354. The quantitative estimate of drug-likeness (QED) is 0.746. The summed E-state index contributed by atoms with van der Waals surface area (Å²) >= 11 is 0. The van der Waals surface area contributed by atoms with Crippen LogP contribution in [0.1, 0.15) is 17.8 Å². The van der Waals surface area contributed by atoms with E-state index in [0.717, 1.165) is 30.9 Å². The molecular formula is C11H17N3O. The lowest BCUT2D eigenvalue weighted by Gasteiger charge is -2.15. The van der Waals surface area contributed by atoms with Crippen molar-refractivity contribution in [2.75, 3.05) is 13.1 Å². The lowest BCUT2D eigenvalue weighted by atomic mass is 10.2. The predicted molar refractivity (Wildman–Crippen MR) is 58.5 cm³/mol. The van der Waals surface area contributed by atoms with Gasteiger partial charge in [-0.2, -0.15) is 0 Å². The minimum Gasteiger partial charge on any atom is -0.506 e. The van der Waals surface area contributed by atoms with Crippen molar-refractivity contribution in [3.8, 4) is 5.75 Å². The van der Waals surface area contributed by atoms with Gasteiger partial charge in [0.2, 0.25) is 0 Å². The summed E-state index contributed by atoms with van der Waals surface area (Å²) < 4.78 is 0. The SMILES string of the molecule is Cc1ccc(O)c(CN2CC[C@H](N)C2)n1. The zero-order chi connectivity index (χ0) is 10.8. The van der Waals surface area contributed by atoms with Crippen molar-refractivity contribution in [3.05, 3.63) is 23.5 Å². The molecule has 0 aromatic carbocycles. The molecule has 4 nitrogen and oxygen atoms in total. The zero-order valence-corrected chi connectivity index (χ0v) is 8.98. The van der Waals surface area contributed by atoms with Gasteiger partial charge in [-0.15, -0.1) is 0 Å². The van der Waals surface area contributed by atoms with E-state index in [0.29, 0.717) is 6.54 Å². The van der Waals surface area contributed by atoms with Gasteiger partial charge < -0.3 is 10.8 Å². The van der Waals surface area contributed by atoms with Gasteiger partial charge in [-0.05, 0) is 25.5 Å². The maximum atomic E-state index is 9.64. The van der Waals surface area contributed by atoms with Gasteiger partial charge >= 0.3 is 0 Å². The van der Waals surface area contributed by atoms with Crippen molar-refractivity contribution < 1.29 is 5.11 Å². The third-order valence-corrected chi connectivity index (χ3v) is 2.77. The summed E-state index contributed by atoms with van der Waals surface area (Å²) in [7, 11) is 0. The first kappa shape index (κ1) is 10.4. The zero-order valence-electron chi connectivity index (χ0n) is 8.98. The first-order valence-corrected chi connectivity index (χ1v) is 5.28. The topological polar surface area (TPSA) is 62.4 Å². The molecule has 1 aliphatic heterocycles. The fourth-order valence-electron chi connectivity index (χ4n) is 1.94. The summed E-state index contributed by atoms with van der Waals surface area (Å²) in [4.78, 5) is 6.56. The Morgan fingerprint density at radius 3 is 3.07 bits per heavy atom. The molecule has 0 bridgehead atoms. The summed E-state index contributed by atoms with van der Waals surface area (Å²) in [6.07, 6.45) is 1.03. The number of likely N-dealkylation sites (tertiary alicyclic amines) is 1.